The van der Waals surface area contributed by atoms with Crippen molar-refractivity contribution in [3.63, 3.8) is 0 Å². The summed E-state index contributed by atoms with van der Waals surface area (Å²) in [5, 5.41) is 16.7. The fourth-order valence-electron chi connectivity index (χ4n) is 5.78. The van der Waals surface area contributed by atoms with Gasteiger partial charge in [-0.05, 0) is 87.5 Å². The number of benzene rings is 2. The molecule has 12 heteroatoms. The molecule has 6 rings (SSSR count). The van der Waals surface area contributed by atoms with Gasteiger partial charge in [0.25, 0.3) is 0 Å². The Labute approximate surface area is 260 Å². The van der Waals surface area contributed by atoms with Crippen molar-refractivity contribution in [3.8, 4) is 17.0 Å². The van der Waals surface area contributed by atoms with Crippen LogP contribution in [0, 0.1) is 12.7 Å². The Morgan fingerprint density at radius 3 is 2.62 bits per heavy atom. The molecule has 4 heterocycles. The van der Waals surface area contributed by atoms with E-state index in [2.05, 4.69) is 44.7 Å². The molecule has 0 saturated heterocycles. The molecule has 0 radical (unpaired) electrons. The van der Waals surface area contributed by atoms with Gasteiger partial charge in [-0.3, -0.25) is 10.2 Å². The Balaban J connectivity index is 1.46. The van der Waals surface area contributed by atoms with Gasteiger partial charge in [0.1, 0.15) is 23.7 Å². The minimum Gasteiger partial charge on any atom is -0.474 e. The number of hydrogen-bond donors (Lipinski definition) is 3. The maximum Gasteiger partial charge on any atom is 0.412 e. The highest BCUT2D eigenvalue weighted by Crippen LogP contribution is 2.42. The van der Waals surface area contributed by atoms with E-state index in [1.165, 1.54) is 23.5 Å². The lowest BCUT2D eigenvalue weighted by Crippen LogP contribution is -2.37. The van der Waals surface area contributed by atoms with Crippen LogP contribution in [0.2, 0.25) is 0 Å². The van der Waals surface area contributed by atoms with E-state index in [1.54, 1.807) is 39.8 Å². The van der Waals surface area contributed by atoms with E-state index < -0.39 is 23.6 Å². The smallest absolute Gasteiger partial charge is 0.412 e. The first-order valence-corrected chi connectivity index (χ1v) is 14.7. The lowest BCUT2D eigenvalue weighted by Gasteiger charge is -2.29. The number of carbonyl (C=O) groups is 2. The Kier molecular flexibility index (Phi) is 7.69. The van der Waals surface area contributed by atoms with Crippen molar-refractivity contribution >= 4 is 45.8 Å². The van der Waals surface area contributed by atoms with Crippen molar-refractivity contribution in [2.24, 2.45) is 0 Å². The number of halogens is 1. The van der Waals surface area contributed by atoms with Gasteiger partial charge in [0.05, 0.1) is 12.2 Å². The summed E-state index contributed by atoms with van der Waals surface area (Å²) < 4.78 is 27.5. The van der Waals surface area contributed by atoms with E-state index in [-0.39, 0.29) is 36.0 Å². The van der Waals surface area contributed by atoms with E-state index in [1.807, 2.05) is 6.07 Å². The summed E-state index contributed by atoms with van der Waals surface area (Å²) in [5.74, 6) is -0.0496. The summed E-state index contributed by atoms with van der Waals surface area (Å²) in [4.78, 5) is 37.2. The molecule has 3 N–H and O–H groups in total. The fraction of sp³-hybridized carbons (Fsp3) is 0.333. The highest BCUT2D eigenvalue weighted by atomic mass is 19.1. The number of anilines is 4. The van der Waals surface area contributed by atoms with Gasteiger partial charge in [-0.25, -0.2) is 23.9 Å². The number of fused-ring (bicyclic) bond motifs is 3. The highest BCUT2D eigenvalue weighted by Gasteiger charge is 2.30. The van der Waals surface area contributed by atoms with Crippen LogP contribution in [-0.4, -0.2) is 64.5 Å². The second-order valence-corrected chi connectivity index (χ2v) is 12.4. The highest BCUT2D eigenvalue weighted by molar-refractivity contribution is 6.04. The van der Waals surface area contributed by atoms with Crippen LogP contribution in [-0.2, 0) is 17.7 Å². The monoisotopic (exact) mass is 614 g/mol. The van der Waals surface area contributed by atoms with Crippen molar-refractivity contribution in [1.29, 1.82) is 0 Å². The number of nitrogens with zero attached hydrogens (tertiary/aromatic N) is 4. The van der Waals surface area contributed by atoms with Gasteiger partial charge in [0.15, 0.2) is 5.82 Å². The number of nitrogens with one attached hydrogen (secondary N) is 2. The molecule has 0 atom stereocenters. The first-order valence-electron chi connectivity index (χ1n) is 14.7. The van der Waals surface area contributed by atoms with Crippen LogP contribution in [0.4, 0.5) is 36.9 Å². The molecular weight excluding hydrogens is 579 g/mol. The number of carbonyl (C=O) groups excluding carboxylic acids is 1. The SMILES string of the molecule is Cc1c(-c2cc3cc(Nc4ccc5c(c4)CCN(C)C5)ncc3c(NC(=O)OC(C)(C)C)c2F)cnc2c1N(C(=O)O)CCO2. The molecular formula is C33H35FN6O5. The number of amides is 2. The predicted molar refractivity (Wildman–Crippen MR) is 170 cm³/mol. The van der Waals surface area contributed by atoms with E-state index in [9.17, 15) is 14.7 Å². The zero-order valence-corrected chi connectivity index (χ0v) is 25.8. The largest absolute Gasteiger partial charge is 0.474 e. The van der Waals surface area contributed by atoms with Gasteiger partial charge in [-0.15, -0.1) is 0 Å². The molecule has 0 bridgehead atoms. The van der Waals surface area contributed by atoms with E-state index in [0.717, 1.165) is 30.1 Å². The normalized spacial score (nSPS) is 14.8. The molecule has 0 fully saturated rings. The molecule has 0 aliphatic carbocycles. The van der Waals surface area contributed by atoms with Crippen LogP contribution >= 0.6 is 0 Å². The summed E-state index contributed by atoms with van der Waals surface area (Å²) >= 11 is 0. The van der Waals surface area contributed by atoms with Gasteiger partial charge >= 0.3 is 12.2 Å². The topological polar surface area (TPSA) is 129 Å². The zero-order chi connectivity index (χ0) is 32.0. The number of ether oxygens (including phenoxy) is 2. The maximum absolute atomic E-state index is 16.5. The summed E-state index contributed by atoms with van der Waals surface area (Å²) in [7, 11) is 2.11. The van der Waals surface area contributed by atoms with Crippen molar-refractivity contribution in [2.75, 3.05) is 42.3 Å². The Morgan fingerprint density at radius 1 is 1.07 bits per heavy atom. The number of pyridine rings is 2. The van der Waals surface area contributed by atoms with Gasteiger partial charge in [0.2, 0.25) is 5.88 Å². The molecule has 0 saturated carbocycles. The van der Waals surface area contributed by atoms with Gasteiger partial charge in [-0.2, -0.15) is 0 Å². The number of likely N-dealkylation sites (N-methyl/N-ethyl adjacent to an activating group) is 1. The lowest BCUT2D eigenvalue weighted by molar-refractivity contribution is 0.0635. The zero-order valence-electron chi connectivity index (χ0n) is 25.8. The van der Waals surface area contributed by atoms with E-state index >= 15 is 4.39 Å². The van der Waals surface area contributed by atoms with Gasteiger partial charge in [0, 0.05) is 47.7 Å². The molecule has 45 heavy (non-hydrogen) atoms. The standard InChI is InChI=1S/C33H35FN6O5/c1-18-24(15-36-30-29(18)40(32(42)43)10-11-44-30)23-13-21-14-26(37-22-7-6-20-17-39(5)9-8-19(20)12-22)35-16-25(21)28(27(23)34)38-31(41)45-33(2,3)4/h6-7,12-16H,8-11,17H2,1-5H3,(H,35,37)(H,38,41)(H,42,43). The maximum atomic E-state index is 16.5. The molecule has 2 aromatic carbocycles. The average Bonchev–Trinajstić information content (AvgIpc) is 2.97. The average molecular weight is 615 g/mol. The number of aromatic nitrogens is 2. The first-order chi connectivity index (χ1) is 21.4. The van der Waals surface area contributed by atoms with E-state index in [4.69, 9.17) is 9.47 Å². The minimum absolute atomic E-state index is 0.111. The molecule has 234 valence electrons. The van der Waals surface area contributed by atoms with Crippen LogP contribution < -0.4 is 20.3 Å². The molecule has 4 aromatic rings. The Morgan fingerprint density at radius 2 is 1.87 bits per heavy atom. The van der Waals surface area contributed by atoms with Crippen molar-refractivity contribution in [3.05, 3.63) is 65.2 Å². The third-order valence-electron chi connectivity index (χ3n) is 7.89. The van der Waals surface area contributed by atoms with E-state index in [0.29, 0.717) is 27.7 Å². The summed E-state index contributed by atoms with van der Waals surface area (Å²) in [6, 6.07) is 9.66. The first kappa shape index (κ1) is 30.1. The van der Waals surface area contributed by atoms with Crippen LogP contribution in [0.1, 0.15) is 37.5 Å². The molecule has 0 unspecified atom stereocenters. The van der Waals surface area contributed by atoms with Crippen molar-refractivity contribution in [1.82, 2.24) is 14.9 Å². The second-order valence-electron chi connectivity index (χ2n) is 12.4. The summed E-state index contributed by atoms with van der Waals surface area (Å²) in [5.41, 5.74) is 3.71. The molecule has 11 nitrogen and oxygen atoms in total. The second kappa shape index (κ2) is 11.5. The van der Waals surface area contributed by atoms with Crippen LogP contribution in [0.3, 0.4) is 0 Å². The minimum atomic E-state index is -1.16. The third-order valence-corrected chi connectivity index (χ3v) is 7.89. The summed E-state index contributed by atoms with van der Waals surface area (Å²) in [6.45, 7) is 9.00. The van der Waals surface area contributed by atoms with Crippen molar-refractivity contribution < 1.29 is 28.6 Å². The van der Waals surface area contributed by atoms with Crippen LogP contribution in [0.25, 0.3) is 21.9 Å². The lowest BCUT2D eigenvalue weighted by atomic mass is 9.96. The number of carboxylic acid groups (broad SMARTS) is 1. The number of rotatable bonds is 4. The quantitative estimate of drug-likeness (QED) is 0.230. The molecule has 2 aliphatic heterocycles. The molecule has 2 aliphatic rings. The molecule has 0 spiro atoms. The van der Waals surface area contributed by atoms with Crippen LogP contribution in [0.15, 0.2) is 42.7 Å². The summed E-state index contributed by atoms with van der Waals surface area (Å²) in [6.07, 6.45) is 1.92. The Hall–Kier alpha value is -4.97. The van der Waals surface area contributed by atoms with Crippen molar-refractivity contribution in [2.45, 2.75) is 46.3 Å². The fourth-order valence-corrected chi connectivity index (χ4v) is 5.78. The predicted octanol–water partition coefficient (Wildman–Crippen LogP) is 6.70. The molecule has 2 aromatic heterocycles. The Bertz CT molecular complexity index is 1840. The van der Waals surface area contributed by atoms with Gasteiger partial charge < -0.3 is 24.8 Å². The number of hydrogen-bond acceptors (Lipinski definition) is 8. The van der Waals surface area contributed by atoms with Gasteiger partial charge in [-0.1, -0.05) is 6.07 Å². The molecule has 2 amide bonds. The van der Waals surface area contributed by atoms with Crippen LogP contribution in [0.5, 0.6) is 5.88 Å². The third kappa shape index (κ3) is 6.05.